The number of aromatic nitrogens is 3. The number of carbonyl (C=O) groups excluding carboxylic acids is 2. The number of ether oxygens (including phenoxy) is 1. The fourth-order valence-electron chi connectivity index (χ4n) is 6.70. The van der Waals surface area contributed by atoms with Crippen molar-refractivity contribution in [3.05, 3.63) is 52.4 Å². The maximum atomic E-state index is 14.1. The van der Waals surface area contributed by atoms with Crippen LogP contribution in [0, 0.1) is 11.8 Å². The average molecular weight is 580 g/mol. The number of pyridine rings is 1. The van der Waals surface area contributed by atoms with Gasteiger partial charge in [0.1, 0.15) is 17.9 Å². The van der Waals surface area contributed by atoms with E-state index in [0.717, 1.165) is 47.1 Å². The zero-order valence-corrected chi connectivity index (χ0v) is 23.8. The number of carbonyl (C=O) groups is 3. The highest BCUT2D eigenvalue weighted by molar-refractivity contribution is 6.31. The smallest absolute Gasteiger partial charge is 0.307 e. The second-order valence-electron chi connectivity index (χ2n) is 11.3. The van der Waals surface area contributed by atoms with Crippen molar-refractivity contribution >= 4 is 40.5 Å². The van der Waals surface area contributed by atoms with Gasteiger partial charge in [0.05, 0.1) is 24.2 Å². The molecule has 3 aromatic rings. The van der Waals surface area contributed by atoms with E-state index in [1.54, 1.807) is 22.3 Å². The van der Waals surface area contributed by atoms with Crippen LogP contribution in [0.5, 0.6) is 5.75 Å². The molecular formula is C30H34ClN5O5. The summed E-state index contributed by atoms with van der Waals surface area (Å²) in [6, 6.07) is 5.08. The molecular weight excluding hydrogens is 546 g/mol. The van der Waals surface area contributed by atoms with Crippen molar-refractivity contribution in [3.63, 3.8) is 0 Å². The predicted octanol–water partition coefficient (Wildman–Crippen LogP) is 4.14. The van der Waals surface area contributed by atoms with Crippen LogP contribution < -0.4 is 4.74 Å². The average Bonchev–Trinajstić information content (AvgIpc) is 3.56. The van der Waals surface area contributed by atoms with Gasteiger partial charge in [0, 0.05) is 55.4 Å². The molecule has 3 atom stereocenters. The standard InChI is InChI=1S/C30H34ClN5O5/c1-34-17-33-23-13-18(14-32-28(23)34)16-41-25-9-8-22(31)21-10-12-36(24(27(21)25)15-35-11-4-7-26(35)37)29(38)19-5-2-3-6-20(19)30(39)40/h8-9,13-14,17,19-20,24H,2-7,10-12,15-16H2,1H3,(H,39,40)/t19?,20?,24-/m1/s1. The number of carboxylic acids is 1. The first-order valence-corrected chi connectivity index (χ1v) is 14.7. The molecule has 11 heteroatoms. The molecule has 1 aliphatic carbocycles. The van der Waals surface area contributed by atoms with Gasteiger partial charge in [-0.05, 0) is 49.4 Å². The minimum absolute atomic E-state index is 0.0600. The van der Waals surface area contributed by atoms with Gasteiger partial charge in [-0.15, -0.1) is 0 Å². The SMILES string of the molecule is Cn1cnc2cc(COc3ccc(Cl)c4c3[C@@H](CN3CCCC3=O)N(C(=O)C3CCCCC3C(=O)O)CC4)cnc21. The molecule has 0 radical (unpaired) electrons. The molecule has 4 heterocycles. The summed E-state index contributed by atoms with van der Waals surface area (Å²) in [6.45, 7) is 1.59. The van der Waals surface area contributed by atoms with Crippen LogP contribution in [-0.2, 0) is 34.5 Å². The molecule has 10 nitrogen and oxygen atoms in total. The van der Waals surface area contributed by atoms with Crippen molar-refractivity contribution in [3.8, 4) is 5.75 Å². The number of nitrogens with zero attached hydrogens (tertiary/aromatic N) is 5. The summed E-state index contributed by atoms with van der Waals surface area (Å²) < 4.78 is 8.24. The van der Waals surface area contributed by atoms with Crippen molar-refractivity contribution in [2.45, 2.75) is 57.6 Å². The summed E-state index contributed by atoms with van der Waals surface area (Å²) in [5.74, 6) is -1.70. The maximum Gasteiger partial charge on any atom is 0.307 e. The maximum absolute atomic E-state index is 14.1. The van der Waals surface area contributed by atoms with E-state index in [1.807, 2.05) is 29.8 Å². The quantitative estimate of drug-likeness (QED) is 0.447. The number of aryl methyl sites for hydroxylation is 1. The summed E-state index contributed by atoms with van der Waals surface area (Å²) in [5.41, 5.74) is 4.10. The summed E-state index contributed by atoms with van der Waals surface area (Å²) in [4.78, 5) is 51.4. The van der Waals surface area contributed by atoms with Crippen LogP contribution in [0.1, 0.15) is 61.3 Å². The molecule has 1 saturated heterocycles. The Morgan fingerprint density at radius 1 is 1.10 bits per heavy atom. The van der Waals surface area contributed by atoms with E-state index >= 15 is 0 Å². The number of likely N-dealkylation sites (tertiary alicyclic amines) is 1. The lowest BCUT2D eigenvalue weighted by Gasteiger charge is -2.43. The molecule has 3 aliphatic rings. The third-order valence-corrected chi connectivity index (χ3v) is 9.18. The van der Waals surface area contributed by atoms with E-state index < -0.39 is 23.8 Å². The number of rotatable bonds is 7. The van der Waals surface area contributed by atoms with Crippen LogP contribution in [0.2, 0.25) is 5.02 Å². The monoisotopic (exact) mass is 579 g/mol. The minimum atomic E-state index is -0.919. The van der Waals surface area contributed by atoms with Crippen LogP contribution >= 0.6 is 11.6 Å². The van der Waals surface area contributed by atoms with E-state index in [0.29, 0.717) is 56.1 Å². The van der Waals surface area contributed by atoms with Gasteiger partial charge in [-0.2, -0.15) is 0 Å². The van der Waals surface area contributed by atoms with Gasteiger partial charge < -0.3 is 24.2 Å². The van der Waals surface area contributed by atoms with Gasteiger partial charge in [0.2, 0.25) is 11.8 Å². The first kappa shape index (κ1) is 27.5. The Morgan fingerprint density at radius 3 is 2.66 bits per heavy atom. The highest BCUT2D eigenvalue weighted by Crippen LogP contribution is 2.43. The van der Waals surface area contributed by atoms with Gasteiger partial charge in [0.15, 0.2) is 5.65 Å². The van der Waals surface area contributed by atoms with E-state index in [1.165, 1.54) is 0 Å². The van der Waals surface area contributed by atoms with Crippen LogP contribution in [0.15, 0.2) is 30.7 Å². The fourth-order valence-corrected chi connectivity index (χ4v) is 6.96. The number of fused-ring (bicyclic) bond motifs is 2. The van der Waals surface area contributed by atoms with E-state index in [2.05, 4.69) is 9.97 Å². The van der Waals surface area contributed by atoms with Crippen molar-refractivity contribution in [2.24, 2.45) is 18.9 Å². The van der Waals surface area contributed by atoms with Crippen molar-refractivity contribution < 1.29 is 24.2 Å². The summed E-state index contributed by atoms with van der Waals surface area (Å²) >= 11 is 6.71. The molecule has 6 rings (SSSR count). The number of benzene rings is 1. The Kier molecular flexibility index (Phi) is 7.59. The largest absolute Gasteiger partial charge is 0.488 e. The van der Waals surface area contributed by atoms with Crippen LogP contribution in [0.3, 0.4) is 0 Å². The van der Waals surface area contributed by atoms with Crippen molar-refractivity contribution in [1.82, 2.24) is 24.3 Å². The van der Waals surface area contributed by atoms with E-state index in [-0.39, 0.29) is 18.4 Å². The Bertz CT molecular complexity index is 1510. The number of aliphatic carboxylic acids is 1. The molecule has 2 fully saturated rings. The Labute approximate surface area is 243 Å². The third kappa shape index (κ3) is 5.25. The molecule has 2 aliphatic heterocycles. The number of amides is 2. The number of hydrogen-bond acceptors (Lipinski definition) is 6. The zero-order chi connectivity index (χ0) is 28.7. The number of halogens is 1. The lowest BCUT2D eigenvalue weighted by Crippen LogP contribution is -2.50. The Balaban J connectivity index is 1.35. The number of hydrogen-bond donors (Lipinski definition) is 1. The third-order valence-electron chi connectivity index (χ3n) is 8.82. The molecule has 2 amide bonds. The summed E-state index contributed by atoms with van der Waals surface area (Å²) in [7, 11) is 1.89. The van der Waals surface area contributed by atoms with Gasteiger partial charge in [-0.3, -0.25) is 14.4 Å². The molecule has 2 unspecified atom stereocenters. The van der Waals surface area contributed by atoms with Crippen molar-refractivity contribution in [1.29, 1.82) is 0 Å². The Hall–Kier alpha value is -3.66. The number of imidazole rings is 1. The van der Waals surface area contributed by atoms with Crippen LogP contribution in [0.25, 0.3) is 11.2 Å². The lowest BCUT2D eigenvalue weighted by molar-refractivity contribution is -0.154. The topological polar surface area (TPSA) is 118 Å². The van der Waals surface area contributed by atoms with Crippen LogP contribution in [-0.4, -0.2) is 66.9 Å². The molecule has 1 aromatic carbocycles. The van der Waals surface area contributed by atoms with Gasteiger partial charge in [-0.1, -0.05) is 24.4 Å². The summed E-state index contributed by atoms with van der Waals surface area (Å²) in [6.07, 6.45) is 7.95. The molecule has 1 N–H and O–H groups in total. The fraction of sp³-hybridized carbons (Fsp3) is 0.500. The normalized spacial score (nSPS) is 22.7. The minimum Gasteiger partial charge on any atom is -0.488 e. The molecule has 1 saturated carbocycles. The van der Waals surface area contributed by atoms with E-state index in [4.69, 9.17) is 16.3 Å². The molecule has 216 valence electrons. The Morgan fingerprint density at radius 2 is 1.90 bits per heavy atom. The second kappa shape index (κ2) is 11.3. The molecule has 41 heavy (non-hydrogen) atoms. The second-order valence-corrected chi connectivity index (χ2v) is 11.8. The van der Waals surface area contributed by atoms with Gasteiger partial charge in [-0.25, -0.2) is 9.97 Å². The van der Waals surface area contributed by atoms with E-state index in [9.17, 15) is 19.5 Å². The van der Waals surface area contributed by atoms with Gasteiger partial charge >= 0.3 is 5.97 Å². The molecule has 0 bridgehead atoms. The number of carboxylic acid groups (broad SMARTS) is 1. The van der Waals surface area contributed by atoms with Crippen LogP contribution in [0.4, 0.5) is 0 Å². The molecule has 2 aromatic heterocycles. The highest BCUT2D eigenvalue weighted by atomic mass is 35.5. The highest BCUT2D eigenvalue weighted by Gasteiger charge is 2.43. The predicted molar refractivity (Wildman–Crippen MR) is 151 cm³/mol. The van der Waals surface area contributed by atoms with Crippen molar-refractivity contribution in [2.75, 3.05) is 19.6 Å². The van der Waals surface area contributed by atoms with Gasteiger partial charge in [0.25, 0.3) is 0 Å². The lowest BCUT2D eigenvalue weighted by atomic mass is 9.77. The first-order valence-electron chi connectivity index (χ1n) is 14.3. The zero-order valence-electron chi connectivity index (χ0n) is 23.1. The molecule has 0 spiro atoms. The summed E-state index contributed by atoms with van der Waals surface area (Å²) in [5, 5.41) is 10.5. The first-order chi connectivity index (χ1) is 19.8.